The Labute approximate surface area is 103 Å². The number of carbonyl (C=O) groups excluding carboxylic acids is 2. The van der Waals surface area contributed by atoms with Crippen LogP contribution in [0.25, 0.3) is 0 Å². The van der Waals surface area contributed by atoms with Crippen molar-refractivity contribution in [3.8, 4) is 0 Å². The fourth-order valence-electron chi connectivity index (χ4n) is 1.45. The van der Waals surface area contributed by atoms with Gasteiger partial charge in [0.25, 0.3) is 11.8 Å². The Kier molecular flexibility index (Phi) is 4.03. The molecule has 0 bridgehead atoms. The second-order valence-electron chi connectivity index (χ2n) is 4.06. The molecule has 0 spiro atoms. The minimum absolute atomic E-state index is 0.221. The smallest absolute Gasteiger partial charge is 0.272 e. The Morgan fingerprint density at radius 2 is 2.11 bits per heavy atom. The first-order valence-corrected chi connectivity index (χ1v) is 5.08. The van der Waals surface area contributed by atoms with Crippen LogP contribution in [0.3, 0.4) is 0 Å². The first kappa shape index (κ1) is 13.7. The Hall–Kier alpha value is -2.38. The maximum Gasteiger partial charge on any atom is 0.275 e. The van der Waals surface area contributed by atoms with Gasteiger partial charge in [-0.15, -0.1) is 9.81 Å². The molecule has 0 aromatic carbocycles. The zero-order chi connectivity index (χ0) is 13.8. The Morgan fingerprint density at radius 3 is 2.56 bits per heavy atom. The molecular formula is C10H12N4O4. The largest absolute Gasteiger partial charge is 0.275 e. The van der Waals surface area contributed by atoms with Crippen molar-refractivity contribution in [2.24, 2.45) is 16.0 Å². The van der Waals surface area contributed by atoms with E-state index >= 15 is 0 Å². The van der Waals surface area contributed by atoms with Gasteiger partial charge in [0.2, 0.25) is 0 Å². The molecule has 8 heteroatoms. The van der Waals surface area contributed by atoms with Crippen molar-refractivity contribution in [2.75, 3.05) is 7.05 Å². The Morgan fingerprint density at radius 1 is 1.44 bits per heavy atom. The van der Waals surface area contributed by atoms with Crippen LogP contribution in [-0.4, -0.2) is 23.9 Å². The summed E-state index contributed by atoms with van der Waals surface area (Å²) >= 11 is 0. The van der Waals surface area contributed by atoms with Crippen molar-refractivity contribution < 1.29 is 9.59 Å². The molecule has 1 aliphatic carbocycles. The second kappa shape index (κ2) is 5.30. The first-order valence-electron chi connectivity index (χ1n) is 5.08. The average molecular weight is 252 g/mol. The minimum Gasteiger partial charge on any atom is -0.272 e. The number of allylic oxidation sites excluding steroid dienone is 1. The van der Waals surface area contributed by atoms with Gasteiger partial charge >= 0.3 is 0 Å². The predicted octanol–water partition coefficient (Wildman–Crippen LogP) is 0.816. The van der Waals surface area contributed by atoms with Crippen LogP contribution in [0, 0.1) is 15.2 Å². The Balaban J connectivity index is 2.81. The number of hydrogen-bond donors (Lipinski definition) is 1. The molecule has 0 saturated carbocycles. The maximum atomic E-state index is 11.6. The van der Waals surface area contributed by atoms with E-state index < -0.39 is 17.2 Å². The molecule has 0 aromatic rings. The number of hydrogen-bond acceptors (Lipinski definition) is 6. The molecule has 1 rings (SSSR count). The molecular weight excluding hydrogens is 240 g/mol. The standard InChI is InChI=1S/C10H12N4O4/c1-10(9(16)11-12-17)5-3-7(4-6-10)8(15)14(2)13-18/h3-5H,6H2,1-2H3,(H,11,16,17). The van der Waals surface area contributed by atoms with Crippen LogP contribution in [0.4, 0.5) is 0 Å². The molecule has 0 aliphatic heterocycles. The van der Waals surface area contributed by atoms with E-state index in [1.807, 2.05) is 5.43 Å². The molecule has 0 heterocycles. The summed E-state index contributed by atoms with van der Waals surface area (Å²) < 4.78 is 0. The van der Waals surface area contributed by atoms with E-state index in [0.717, 1.165) is 0 Å². The summed E-state index contributed by atoms with van der Waals surface area (Å²) in [6, 6.07) is 0. The highest BCUT2D eigenvalue weighted by molar-refractivity contribution is 5.97. The van der Waals surface area contributed by atoms with Gasteiger partial charge in [-0.3, -0.25) is 9.59 Å². The fourth-order valence-corrected chi connectivity index (χ4v) is 1.45. The quantitative estimate of drug-likeness (QED) is 0.590. The third-order valence-corrected chi connectivity index (χ3v) is 2.71. The summed E-state index contributed by atoms with van der Waals surface area (Å²) in [5, 5.41) is 5.46. The van der Waals surface area contributed by atoms with Crippen LogP contribution in [-0.2, 0) is 9.59 Å². The van der Waals surface area contributed by atoms with E-state index in [1.165, 1.54) is 25.3 Å². The van der Waals surface area contributed by atoms with Crippen molar-refractivity contribution in [2.45, 2.75) is 13.3 Å². The number of rotatable bonds is 4. The summed E-state index contributed by atoms with van der Waals surface area (Å²) in [6.07, 6.45) is 4.63. The zero-order valence-corrected chi connectivity index (χ0v) is 9.91. The lowest BCUT2D eigenvalue weighted by atomic mass is 9.81. The van der Waals surface area contributed by atoms with Crippen molar-refractivity contribution in [3.05, 3.63) is 33.6 Å². The van der Waals surface area contributed by atoms with Gasteiger partial charge in [-0.1, -0.05) is 18.2 Å². The molecule has 0 saturated heterocycles. The first-order chi connectivity index (χ1) is 8.44. The molecule has 1 N–H and O–H groups in total. The molecule has 0 radical (unpaired) electrons. The van der Waals surface area contributed by atoms with Crippen LogP contribution in [0.15, 0.2) is 34.4 Å². The molecule has 1 atom stereocenters. The fraction of sp³-hybridized carbons (Fsp3) is 0.400. The number of carbonyl (C=O) groups is 2. The van der Waals surface area contributed by atoms with Gasteiger partial charge in [-0.2, -0.15) is 5.01 Å². The number of nitrogens with zero attached hydrogens (tertiary/aromatic N) is 3. The monoisotopic (exact) mass is 252 g/mol. The van der Waals surface area contributed by atoms with E-state index in [-0.39, 0.29) is 12.0 Å². The van der Waals surface area contributed by atoms with Crippen LogP contribution in [0.5, 0.6) is 0 Å². The van der Waals surface area contributed by atoms with Gasteiger partial charge in [0.05, 0.1) is 16.0 Å². The van der Waals surface area contributed by atoms with Gasteiger partial charge < -0.3 is 0 Å². The summed E-state index contributed by atoms with van der Waals surface area (Å²) in [5.74, 6) is -1.12. The second-order valence-corrected chi connectivity index (χ2v) is 4.06. The zero-order valence-electron chi connectivity index (χ0n) is 9.91. The van der Waals surface area contributed by atoms with Crippen molar-refractivity contribution in [1.29, 1.82) is 0 Å². The van der Waals surface area contributed by atoms with E-state index in [1.54, 1.807) is 6.92 Å². The molecule has 18 heavy (non-hydrogen) atoms. The molecule has 0 aromatic heterocycles. The highest BCUT2D eigenvalue weighted by atomic mass is 16.3. The number of nitroso groups, excluding NO2 is 2. The summed E-state index contributed by atoms with van der Waals surface area (Å²) in [5.41, 5.74) is 1.15. The van der Waals surface area contributed by atoms with Crippen LogP contribution in [0.1, 0.15) is 13.3 Å². The molecule has 0 fully saturated rings. The summed E-state index contributed by atoms with van der Waals surface area (Å²) in [6.45, 7) is 1.60. The molecule has 96 valence electrons. The van der Waals surface area contributed by atoms with Gasteiger partial charge in [0.1, 0.15) is 0 Å². The van der Waals surface area contributed by atoms with Crippen molar-refractivity contribution in [3.63, 3.8) is 0 Å². The summed E-state index contributed by atoms with van der Waals surface area (Å²) in [4.78, 5) is 43.3. The van der Waals surface area contributed by atoms with E-state index in [0.29, 0.717) is 5.01 Å². The molecule has 2 amide bonds. The van der Waals surface area contributed by atoms with Crippen LogP contribution in [0.2, 0.25) is 0 Å². The third-order valence-electron chi connectivity index (χ3n) is 2.71. The van der Waals surface area contributed by atoms with Crippen molar-refractivity contribution >= 4 is 11.8 Å². The lowest BCUT2D eigenvalue weighted by Gasteiger charge is -2.24. The lowest BCUT2D eigenvalue weighted by Crippen LogP contribution is -2.36. The third kappa shape index (κ3) is 2.65. The molecule has 8 nitrogen and oxygen atoms in total. The van der Waals surface area contributed by atoms with Gasteiger partial charge in [0, 0.05) is 12.6 Å². The van der Waals surface area contributed by atoms with Crippen LogP contribution < -0.4 is 5.43 Å². The van der Waals surface area contributed by atoms with Gasteiger partial charge in [-0.25, -0.2) is 5.43 Å². The van der Waals surface area contributed by atoms with Crippen molar-refractivity contribution in [1.82, 2.24) is 10.4 Å². The number of amides is 2. The van der Waals surface area contributed by atoms with Gasteiger partial charge in [0.15, 0.2) is 0 Å². The Bertz CT molecular complexity index is 457. The van der Waals surface area contributed by atoms with Crippen LogP contribution >= 0.6 is 0 Å². The maximum absolute atomic E-state index is 11.6. The SMILES string of the molecule is CN(N=O)C(=O)C1=CCC(C)(C(=O)NN=O)C=C1. The minimum atomic E-state index is -0.940. The van der Waals surface area contributed by atoms with E-state index in [9.17, 15) is 19.4 Å². The average Bonchev–Trinajstić information content (AvgIpc) is 2.38. The predicted molar refractivity (Wildman–Crippen MR) is 62.4 cm³/mol. The summed E-state index contributed by atoms with van der Waals surface area (Å²) in [7, 11) is 1.24. The lowest BCUT2D eigenvalue weighted by molar-refractivity contribution is -0.128. The number of nitrogens with one attached hydrogen (secondary N) is 1. The van der Waals surface area contributed by atoms with E-state index in [2.05, 4.69) is 10.6 Å². The number of likely N-dealkylation sites (N-methyl/N-ethyl adjacent to an activating group) is 1. The molecule has 1 aliphatic rings. The normalized spacial score (nSPS) is 21.8. The highest BCUT2D eigenvalue weighted by Gasteiger charge is 2.32. The topological polar surface area (TPSA) is 108 Å². The van der Waals surface area contributed by atoms with E-state index in [4.69, 9.17) is 0 Å². The van der Waals surface area contributed by atoms with Gasteiger partial charge in [-0.05, 0) is 13.3 Å². The molecule has 1 unspecified atom stereocenters. The highest BCUT2D eigenvalue weighted by Crippen LogP contribution is 2.30.